The van der Waals surface area contributed by atoms with Crippen LogP contribution < -0.4 is 0 Å². The molecule has 0 saturated carbocycles. The Hall–Kier alpha value is -1.77. The van der Waals surface area contributed by atoms with Crippen LogP contribution in [0.5, 0.6) is 0 Å². The van der Waals surface area contributed by atoms with Gasteiger partial charge in [0.2, 0.25) is 0 Å². The minimum Gasteiger partial charge on any atom is -0.447 e. The molecule has 3 nitrogen and oxygen atoms in total. The van der Waals surface area contributed by atoms with Gasteiger partial charge in [-0.15, -0.1) is 0 Å². The predicted octanol–water partition coefficient (Wildman–Crippen LogP) is 3.13. The molecule has 0 N–H and O–H groups in total. The molecule has 1 aromatic carbocycles. The number of hydrogen-bond donors (Lipinski definition) is 0. The second-order valence-corrected chi connectivity index (χ2v) is 4.52. The Bertz CT molecular complexity index is 411. The fourth-order valence-electron chi connectivity index (χ4n) is 1.86. The summed E-state index contributed by atoms with van der Waals surface area (Å²) in [5, 5.41) is 0. The molecule has 3 heteroatoms. The molecule has 0 unspecified atom stereocenters. The van der Waals surface area contributed by atoms with E-state index in [4.69, 9.17) is 4.74 Å². The topological polar surface area (TPSA) is 29.5 Å². The van der Waals surface area contributed by atoms with Gasteiger partial charge in [0, 0.05) is 6.20 Å². The van der Waals surface area contributed by atoms with E-state index in [1.807, 2.05) is 42.6 Å². The van der Waals surface area contributed by atoms with Crippen molar-refractivity contribution >= 4 is 12.2 Å². The smallest absolute Gasteiger partial charge is 0.414 e. The van der Waals surface area contributed by atoms with Gasteiger partial charge < -0.3 is 4.74 Å². The normalized spacial score (nSPS) is 20.3. The molecular formula is C14H17NO2. The molecule has 0 aliphatic carbocycles. The first-order valence-electron chi connectivity index (χ1n) is 5.87. The molecule has 1 fully saturated rings. The van der Waals surface area contributed by atoms with Crippen molar-refractivity contribution < 1.29 is 9.53 Å². The van der Waals surface area contributed by atoms with Crippen LogP contribution in [0.25, 0.3) is 6.08 Å². The Morgan fingerprint density at radius 3 is 2.71 bits per heavy atom. The third-order valence-corrected chi connectivity index (χ3v) is 2.94. The van der Waals surface area contributed by atoms with Gasteiger partial charge in [-0.2, -0.15) is 0 Å². The quantitative estimate of drug-likeness (QED) is 0.799. The van der Waals surface area contributed by atoms with Gasteiger partial charge in [-0.25, -0.2) is 4.79 Å². The first-order valence-corrected chi connectivity index (χ1v) is 5.87. The van der Waals surface area contributed by atoms with Crippen LogP contribution >= 0.6 is 0 Å². The van der Waals surface area contributed by atoms with E-state index >= 15 is 0 Å². The lowest BCUT2D eigenvalue weighted by atomic mass is 10.1. The number of carbonyl (C=O) groups excluding carboxylic acids is 1. The summed E-state index contributed by atoms with van der Waals surface area (Å²) in [5.41, 5.74) is 1.08. The average molecular weight is 231 g/mol. The summed E-state index contributed by atoms with van der Waals surface area (Å²) >= 11 is 0. The Morgan fingerprint density at radius 1 is 1.35 bits per heavy atom. The molecule has 1 atom stereocenters. The Morgan fingerprint density at radius 2 is 2.06 bits per heavy atom. The maximum absolute atomic E-state index is 11.6. The zero-order valence-electron chi connectivity index (χ0n) is 10.2. The number of nitrogens with zero attached hydrogens (tertiary/aromatic N) is 1. The number of carbonyl (C=O) groups is 1. The number of rotatable bonds is 3. The predicted molar refractivity (Wildman–Crippen MR) is 67.3 cm³/mol. The van der Waals surface area contributed by atoms with Gasteiger partial charge in [-0.3, -0.25) is 4.90 Å². The largest absolute Gasteiger partial charge is 0.447 e. The van der Waals surface area contributed by atoms with Gasteiger partial charge in [0.25, 0.3) is 0 Å². The van der Waals surface area contributed by atoms with Crippen molar-refractivity contribution in [3.05, 3.63) is 42.1 Å². The summed E-state index contributed by atoms with van der Waals surface area (Å²) in [6.07, 6.45) is 3.49. The molecule has 1 aromatic rings. The van der Waals surface area contributed by atoms with E-state index in [9.17, 15) is 4.79 Å². The molecule has 0 aromatic heterocycles. The average Bonchev–Trinajstić information content (AvgIpc) is 2.69. The van der Waals surface area contributed by atoms with Crippen molar-refractivity contribution in [1.29, 1.82) is 0 Å². The number of benzene rings is 1. The minimum atomic E-state index is -0.254. The number of cyclic esters (lactones) is 1. The molecule has 90 valence electrons. The van der Waals surface area contributed by atoms with Crippen LogP contribution in [-0.2, 0) is 4.74 Å². The molecule has 0 bridgehead atoms. The molecule has 1 amide bonds. The van der Waals surface area contributed by atoms with E-state index in [0.29, 0.717) is 12.5 Å². The molecule has 1 saturated heterocycles. The lowest BCUT2D eigenvalue weighted by Gasteiger charge is -2.20. The molecule has 2 rings (SSSR count). The molecular weight excluding hydrogens is 214 g/mol. The lowest BCUT2D eigenvalue weighted by Crippen LogP contribution is -2.32. The van der Waals surface area contributed by atoms with Crippen molar-refractivity contribution in [2.24, 2.45) is 5.92 Å². The summed E-state index contributed by atoms with van der Waals surface area (Å²) in [4.78, 5) is 13.2. The monoisotopic (exact) mass is 231 g/mol. The summed E-state index contributed by atoms with van der Waals surface area (Å²) in [6, 6.07) is 10.1. The lowest BCUT2D eigenvalue weighted by molar-refractivity contribution is 0.166. The van der Waals surface area contributed by atoms with E-state index < -0.39 is 0 Å². The van der Waals surface area contributed by atoms with Crippen molar-refractivity contribution in [2.45, 2.75) is 19.9 Å². The number of ether oxygens (including phenoxy) is 1. The molecule has 17 heavy (non-hydrogen) atoms. The minimum absolute atomic E-state index is 0.141. The standard InChI is InChI=1S/C14H17NO2/c1-11(2)13-10-17-14(16)15(13)9-8-12-6-4-3-5-7-12/h3-9,11,13H,10H2,1-2H3/b9-8+/t13-/m0/s1. The van der Waals surface area contributed by atoms with Crippen LogP contribution in [0.3, 0.4) is 0 Å². The molecule has 0 radical (unpaired) electrons. The number of hydrogen-bond acceptors (Lipinski definition) is 2. The van der Waals surface area contributed by atoms with Gasteiger partial charge in [0.05, 0.1) is 6.04 Å². The third kappa shape index (κ3) is 2.67. The highest BCUT2D eigenvalue weighted by atomic mass is 16.6. The Kier molecular flexibility index (Phi) is 3.47. The molecule has 0 spiro atoms. The van der Waals surface area contributed by atoms with Crippen LogP contribution in [0.4, 0.5) is 4.79 Å². The number of amides is 1. The zero-order chi connectivity index (χ0) is 12.3. The maximum atomic E-state index is 11.6. The van der Waals surface area contributed by atoms with E-state index in [1.165, 1.54) is 0 Å². The van der Waals surface area contributed by atoms with E-state index in [0.717, 1.165) is 5.56 Å². The second kappa shape index (κ2) is 5.04. The zero-order valence-corrected chi connectivity index (χ0v) is 10.2. The maximum Gasteiger partial charge on any atom is 0.414 e. The summed E-state index contributed by atoms with van der Waals surface area (Å²) in [7, 11) is 0. The van der Waals surface area contributed by atoms with Crippen LogP contribution in [0.1, 0.15) is 19.4 Å². The van der Waals surface area contributed by atoms with E-state index in [-0.39, 0.29) is 12.1 Å². The van der Waals surface area contributed by atoms with Gasteiger partial charge in [-0.05, 0) is 17.6 Å². The van der Waals surface area contributed by atoms with E-state index in [2.05, 4.69) is 13.8 Å². The van der Waals surface area contributed by atoms with Gasteiger partial charge in [-0.1, -0.05) is 44.2 Å². The third-order valence-electron chi connectivity index (χ3n) is 2.94. The Balaban J connectivity index is 2.11. The first kappa shape index (κ1) is 11.7. The van der Waals surface area contributed by atoms with Gasteiger partial charge in [0.15, 0.2) is 0 Å². The van der Waals surface area contributed by atoms with Gasteiger partial charge in [0.1, 0.15) is 6.61 Å². The molecule has 1 aliphatic heterocycles. The highest BCUT2D eigenvalue weighted by Crippen LogP contribution is 2.20. The fraction of sp³-hybridized carbons (Fsp3) is 0.357. The SMILES string of the molecule is CC(C)[C@@H]1COC(=O)N1/C=C/c1ccccc1. The second-order valence-electron chi connectivity index (χ2n) is 4.52. The highest BCUT2D eigenvalue weighted by Gasteiger charge is 2.33. The molecule has 1 aliphatic rings. The van der Waals surface area contributed by atoms with Crippen molar-refractivity contribution in [3.8, 4) is 0 Å². The van der Waals surface area contributed by atoms with Crippen LogP contribution in [0, 0.1) is 5.92 Å². The summed E-state index contributed by atoms with van der Waals surface area (Å²) in [5.74, 6) is 0.391. The van der Waals surface area contributed by atoms with E-state index in [1.54, 1.807) is 4.90 Å². The molecule has 1 heterocycles. The van der Waals surface area contributed by atoms with Crippen LogP contribution in [0.15, 0.2) is 36.5 Å². The summed E-state index contributed by atoms with van der Waals surface area (Å²) < 4.78 is 5.06. The van der Waals surface area contributed by atoms with Gasteiger partial charge >= 0.3 is 6.09 Å². The van der Waals surface area contributed by atoms with Crippen molar-refractivity contribution in [2.75, 3.05) is 6.61 Å². The fourth-order valence-corrected chi connectivity index (χ4v) is 1.86. The van der Waals surface area contributed by atoms with Crippen LogP contribution in [0.2, 0.25) is 0 Å². The highest BCUT2D eigenvalue weighted by molar-refractivity contribution is 5.72. The van der Waals surface area contributed by atoms with Crippen LogP contribution in [-0.4, -0.2) is 23.6 Å². The summed E-state index contributed by atoms with van der Waals surface area (Å²) in [6.45, 7) is 4.67. The first-order chi connectivity index (χ1) is 8.18. The van der Waals surface area contributed by atoms with Crippen molar-refractivity contribution in [1.82, 2.24) is 4.90 Å². The Labute approximate surface area is 102 Å². The van der Waals surface area contributed by atoms with Crippen molar-refractivity contribution in [3.63, 3.8) is 0 Å².